The van der Waals surface area contributed by atoms with Gasteiger partial charge >= 0.3 is 5.97 Å². The van der Waals surface area contributed by atoms with Gasteiger partial charge in [-0.1, -0.05) is 36.4 Å². The first-order chi connectivity index (χ1) is 13.3. The van der Waals surface area contributed by atoms with E-state index in [0.29, 0.717) is 11.6 Å². The molecule has 2 aromatic carbocycles. The summed E-state index contributed by atoms with van der Waals surface area (Å²) in [5.41, 5.74) is 1.98. The second-order valence-electron chi connectivity index (χ2n) is 7.56. The number of carbonyl (C=O) groups excluding carboxylic acids is 1. The second kappa shape index (κ2) is 8.57. The molecule has 4 nitrogen and oxygen atoms in total. The number of nitrogens with zero attached hydrogens (tertiary/aromatic N) is 2. The highest BCUT2D eigenvalue weighted by Crippen LogP contribution is 2.27. The van der Waals surface area contributed by atoms with Gasteiger partial charge in [0.25, 0.3) is 0 Å². The Balaban J connectivity index is 1.22. The molecular weight excluding hydrogens is 336 g/mol. The number of benzene rings is 2. The van der Waals surface area contributed by atoms with Gasteiger partial charge in [0.05, 0.1) is 5.56 Å². The minimum absolute atomic E-state index is 0.0690. The Hall–Kier alpha value is -2.33. The van der Waals surface area contributed by atoms with Crippen molar-refractivity contribution in [3.05, 3.63) is 66.2 Å². The van der Waals surface area contributed by atoms with Gasteiger partial charge in [0, 0.05) is 37.9 Å². The molecule has 2 aliphatic rings. The zero-order valence-electron chi connectivity index (χ0n) is 15.8. The van der Waals surface area contributed by atoms with Crippen LogP contribution in [-0.2, 0) is 4.74 Å². The molecule has 0 N–H and O–H groups in total. The first-order valence-electron chi connectivity index (χ1n) is 10.1. The number of anilines is 1. The van der Waals surface area contributed by atoms with Gasteiger partial charge in [0.1, 0.15) is 6.10 Å². The van der Waals surface area contributed by atoms with Crippen LogP contribution in [0.2, 0.25) is 0 Å². The van der Waals surface area contributed by atoms with Crippen LogP contribution in [0.25, 0.3) is 0 Å². The van der Waals surface area contributed by atoms with Crippen LogP contribution in [-0.4, -0.2) is 49.2 Å². The monoisotopic (exact) mass is 364 g/mol. The standard InChI is InChI=1S/C23H28N2O2/c26-23(19-7-3-1-4-8-19)27-22-13-11-21(12-14-22)25-17-15-24(16-18-25)20-9-5-2-6-10-20/h1-10,21-22H,11-18H2. The van der Waals surface area contributed by atoms with E-state index in [4.69, 9.17) is 4.74 Å². The topological polar surface area (TPSA) is 32.8 Å². The Morgan fingerprint density at radius 3 is 2.00 bits per heavy atom. The molecule has 27 heavy (non-hydrogen) atoms. The van der Waals surface area contributed by atoms with Gasteiger partial charge in [-0.15, -0.1) is 0 Å². The number of para-hydroxylation sites is 1. The Labute approximate surface area is 161 Å². The van der Waals surface area contributed by atoms with Crippen molar-refractivity contribution >= 4 is 11.7 Å². The third kappa shape index (κ3) is 4.51. The summed E-state index contributed by atoms with van der Waals surface area (Å²) in [4.78, 5) is 17.3. The third-order valence-corrected chi connectivity index (χ3v) is 5.88. The highest BCUT2D eigenvalue weighted by Gasteiger charge is 2.30. The zero-order chi connectivity index (χ0) is 18.5. The number of rotatable bonds is 4. The van der Waals surface area contributed by atoms with Crippen LogP contribution in [0.3, 0.4) is 0 Å². The summed E-state index contributed by atoms with van der Waals surface area (Å²) in [7, 11) is 0. The molecule has 0 aromatic heterocycles. The lowest BCUT2D eigenvalue weighted by Crippen LogP contribution is -2.51. The van der Waals surface area contributed by atoms with Gasteiger partial charge in [0.15, 0.2) is 0 Å². The molecule has 0 radical (unpaired) electrons. The number of piperazine rings is 1. The highest BCUT2D eigenvalue weighted by atomic mass is 16.5. The molecule has 0 bridgehead atoms. The summed E-state index contributed by atoms with van der Waals surface area (Å²) in [5, 5.41) is 0. The Morgan fingerprint density at radius 2 is 1.37 bits per heavy atom. The molecule has 0 spiro atoms. The maximum atomic E-state index is 12.2. The van der Waals surface area contributed by atoms with Crippen molar-refractivity contribution in [1.82, 2.24) is 4.90 Å². The van der Waals surface area contributed by atoms with Crippen molar-refractivity contribution in [3.63, 3.8) is 0 Å². The van der Waals surface area contributed by atoms with E-state index in [-0.39, 0.29) is 12.1 Å². The van der Waals surface area contributed by atoms with Crippen LogP contribution < -0.4 is 4.90 Å². The fraction of sp³-hybridized carbons (Fsp3) is 0.435. The van der Waals surface area contributed by atoms with Crippen LogP contribution in [0.5, 0.6) is 0 Å². The molecule has 0 amide bonds. The van der Waals surface area contributed by atoms with Crippen molar-refractivity contribution in [1.29, 1.82) is 0 Å². The molecule has 4 heteroatoms. The number of esters is 1. The Kier molecular flexibility index (Phi) is 5.73. The van der Waals surface area contributed by atoms with Crippen molar-refractivity contribution in [2.45, 2.75) is 37.8 Å². The molecular formula is C23H28N2O2. The molecule has 1 aliphatic carbocycles. The normalized spacial score (nSPS) is 23.8. The van der Waals surface area contributed by atoms with E-state index in [0.717, 1.165) is 51.9 Å². The van der Waals surface area contributed by atoms with Crippen molar-refractivity contribution in [2.75, 3.05) is 31.1 Å². The SMILES string of the molecule is O=C(OC1CCC(N2CCN(c3ccccc3)CC2)CC1)c1ccccc1. The van der Waals surface area contributed by atoms with Crippen LogP contribution >= 0.6 is 0 Å². The van der Waals surface area contributed by atoms with Gasteiger partial charge in [-0.3, -0.25) is 4.90 Å². The van der Waals surface area contributed by atoms with Gasteiger partial charge in [0.2, 0.25) is 0 Å². The molecule has 142 valence electrons. The number of ether oxygens (including phenoxy) is 1. The molecule has 2 fully saturated rings. The van der Waals surface area contributed by atoms with E-state index in [9.17, 15) is 4.79 Å². The molecule has 1 heterocycles. The molecule has 1 saturated heterocycles. The van der Waals surface area contributed by atoms with Crippen molar-refractivity contribution < 1.29 is 9.53 Å². The highest BCUT2D eigenvalue weighted by molar-refractivity contribution is 5.89. The maximum absolute atomic E-state index is 12.2. The average Bonchev–Trinajstić information content (AvgIpc) is 2.76. The molecule has 0 unspecified atom stereocenters. The van der Waals surface area contributed by atoms with E-state index < -0.39 is 0 Å². The molecule has 0 atom stereocenters. The smallest absolute Gasteiger partial charge is 0.338 e. The van der Waals surface area contributed by atoms with Crippen LogP contribution in [0.1, 0.15) is 36.0 Å². The summed E-state index contributed by atoms with van der Waals surface area (Å²) < 4.78 is 5.72. The number of hydrogen-bond acceptors (Lipinski definition) is 4. The fourth-order valence-corrected chi connectivity index (χ4v) is 4.31. The summed E-state index contributed by atoms with van der Waals surface area (Å²) in [6.45, 7) is 4.42. The van der Waals surface area contributed by atoms with E-state index in [2.05, 4.69) is 40.1 Å². The molecule has 1 saturated carbocycles. The summed E-state index contributed by atoms with van der Waals surface area (Å²) in [6.07, 6.45) is 4.26. The lowest BCUT2D eigenvalue weighted by atomic mass is 9.91. The van der Waals surface area contributed by atoms with Gasteiger partial charge in [-0.25, -0.2) is 4.79 Å². The van der Waals surface area contributed by atoms with Gasteiger partial charge < -0.3 is 9.64 Å². The quantitative estimate of drug-likeness (QED) is 0.769. The van der Waals surface area contributed by atoms with Gasteiger partial charge in [-0.05, 0) is 49.9 Å². The summed E-state index contributed by atoms with van der Waals surface area (Å²) in [5.74, 6) is -0.185. The first kappa shape index (κ1) is 18.1. The summed E-state index contributed by atoms with van der Waals surface area (Å²) in [6, 6.07) is 20.6. The zero-order valence-corrected chi connectivity index (χ0v) is 15.8. The van der Waals surface area contributed by atoms with Crippen LogP contribution in [0.15, 0.2) is 60.7 Å². The number of hydrogen-bond donors (Lipinski definition) is 0. The predicted molar refractivity (Wildman–Crippen MR) is 108 cm³/mol. The largest absolute Gasteiger partial charge is 0.459 e. The Morgan fingerprint density at radius 1 is 0.778 bits per heavy atom. The first-order valence-corrected chi connectivity index (χ1v) is 10.1. The maximum Gasteiger partial charge on any atom is 0.338 e. The third-order valence-electron chi connectivity index (χ3n) is 5.88. The minimum atomic E-state index is -0.185. The fourth-order valence-electron chi connectivity index (χ4n) is 4.31. The lowest BCUT2D eigenvalue weighted by Gasteiger charge is -2.42. The molecule has 2 aromatic rings. The summed E-state index contributed by atoms with van der Waals surface area (Å²) >= 11 is 0. The second-order valence-corrected chi connectivity index (χ2v) is 7.56. The van der Waals surface area contributed by atoms with Gasteiger partial charge in [-0.2, -0.15) is 0 Å². The lowest BCUT2D eigenvalue weighted by molar-refractivity contribution is 0.0105. The van der Waals surface area contributed by atoms with E-state index in [1.54, 1.807) is 0 Å². The average molecular weight is 364 g/mol. The van der Waals surface area contributed by atoms with E-state index in [1.807, 2.05) is 30.3 Å². The van der Waals surface area contributed by atoms with Crippen molar-refractivity contribution in [3.8, 4) is 0 Å². The molecule has 1 aliphatic heterocycles. The van der Waals surface area contributed by atoms with Crippen LogP contribution in [0, 0.1) is 0 Å². The van der Waals surface area contributed by atoms with Crippen LogP contribution in [0.4, 0.5) is 5.69 Å². The minimum Gasteiger partial charge on any atom is -0.459 e. The Bertz CT molecular complexity index is 719. The predicted octanol–water partition coefficient (Wildman–Crippen LogP) is 3.98. The molecule has 4 rings (SSSR count). The number of carbonyl (C=O) groups is 1. The van der Waals surface area contributed by atoms with Crippen molar-refractivity contribution in [2.24, 2.45) is 0 Å². The van der Waals surface area contributed by atoms with E-state index in [1.165, 1.54) is 5.69 Å². The van der Waals surface area contributed by atoms with E-state index >= 15 is 0 Å².